The first-order valence-corrected chi connectivity index (χ1v) is 6.11. The lowest BCUT2D eigenvalue weighted by atomic mass is 10.0. The van der Waals surface area contributed by atoms with Crippen molar-refractivity contribution in [2.45, 2.75) is 39.2 Å². The van der Waals surface area contributed by atoms with Crippen molar-refractivity contribution < 1.29 is 4.79 Å². The third-order valence-electron chi connectivity index (χ3n) is 2.51. The predicted octanol–water partition coefficient (Wildman–Crippen LogP) is 0.832. The monoisotopic (exact) mass is 238 g/mol. The summed E-state index contributed by atoms with van der Waals surface area (Å²) in [6.07, 6.45) is 5.96. The van der Waals surface area contributed by atoms with Gasteiger partial charge >= 0.3 is 0 Å². The van der Waals surface area contributed by atoms with Gasteiger partial charge in [0, 0.05) is 25.4 Å². The van der Waals surface area contributed by atoms with E-state index in [1.807, 2.05) is 0 Å². The third-order valence-corrected chi connectivity index (χ3v) is 2.51. The van der Waals surface area contributed by atoms with E-state index in [0.29, 0.717) is 12.5 Å². The Morgan fingerprint density at radius 2 is 2.35 bits per heavy atom. The number of hydrogen-bond donors (Lipinski definition) is 3. The van der Waals surface area contributed by atoms with Gasteiger partial charge in [0.2, 0.25) is 5.91 Å². The highest BCUT2D eigenvalue weighted by Gasteiger charge is 2.13. The van der Waals surface area contributed by atoms with Crippen molar-refractivity contribution in [3.05, 3.63) is 18.2 Å². The summed E-state index contributed by atoms with van der Waals surface area (Å²) in [6.45, 7) is 4.76. The lowest BCUT2D eigenvalue weighted by Crippen LogP contribution is -2.41. The number of aryl methyl sites for hydroxylation is 1. The summed E-state index contributed by atoms with van der Waals surface area (Å²) >= 11 is 0. The molecule has 1 rings (SSSR count). The van der Waals surface area contributed by atoms with Gasteiger partial charge < -0.3 is 16.0 Å². The number of rotatable bonds is 7. The summed E-state index contributed by atoms with van der Waals surface area (Å²) in [6, 6.07) is -0.390. The average molecular weight is 238 g/mol. The number of carbonyl (C=O) groups is 1. The fourth-order valence-electron chi connectivity index (χ4n) is 1.65. The highest BCUT2D eigenvalue weighted by Crippen LogP contribution is 2.02. The van der Waals surface area contributed by atoms with Crippen LogP contribution in [0.15, 0.2) is 12.4 Å². The van der Waals surface area contributed by atoms with Crippen LogP contribution in [0.3, 0.4) is 0 Å². The van der Waals surface area contributed by atoms with E-state index < -0.39 is 6.04 Å². The van der Waals surface area contributed by atoms with Crippen LogP contribution in [0.25, 0.3) is 0 Å². The number of amides is 1. The summed E-state index contributed by atoms with van der Waals surface area (Å²) in [7, 11) is 0. The van der Waals surface area contributed by atoms with Crippen LogP contribution in [0.1, 0.15) is 32.5 Å². The number of imidazole rings is 1. The fraction of sp³-hybridized carbons (Fsp3) is 0.667. The molecule has 0 saturated carbocycles. The molecule has 5 nitrogen and oxygen atoms in total. The molecule has 1 aromatic rings. The largest absolute Gasteiger partial charge is 0.355 e. The van der Waals surface area contributed by atoms with Crippen molar-refractivity contribution in [1.29, 1.82) is 0 Å². The number of aromatic nitrogens is 2. The molecule has 0 aliphatic rings. The molecule has 0 bridgehead atoms. The Bertz CT molecular complexity index is 321. The Morgan fingerprint density at radius 3 is 2.94 bits per heavy atom. The fourth-order valence-corrected chi connectivity index (χ4v) is 1.65. The van der Waals surface area contributed by atoms with Gasteiger partial charge in [-0.15, -0.1) is 0 Å². The maximum Gasteiger partial charge on any atom is 0.236 e. The van der Waals surface area contributed by atoms with Crippen LogP contribution in [-0.2, 0) is 11.2 Å². The Kier molecular flexibility index (Phi) is 5.69. The lowest BCUT2D eigenvalue weighted by molar-refractivity contribution is -0.122. The first kappa shape index (κ1) is 13.7. The molecule has 0 aliphatic heterocycles. The van der Waals surface area contributed by atoms with Gasteiger partial charge in [0.05, 0.1) is 6.04 Å². The van der Waals surface area contributed by atoms with Gasteiger partial charge in [0.15, 0.2) is 0 Å². The Morgan fingerprint density at radius 1 is 1.59 bits per heavy atom. The molecule has 0 unspecified atom stereocenters. The summed E-state index contributed by atoms with van der Waals surface area (Å²) in [4.78, 5) is 18.7. The van der Waals surface area contributed by atoms with Crippen molar-refractivity contribution in [2.75, 3.05) is 6.54 Å². The number of aromatic amines is 1. The molecule has 0 aromatic carbocycles. The van der Waals surface area contributed by atoms with Crippen LogP contribution >= 0.6 is 0 Å². The van der Waals surface area contributed by atoms with E-state index in [0.717, 1.165) is 25.1 Å². The van der Waals surface area contributed by atoms with E-state index in [1.54, 1.807) is 12.4 Å². The number of nitrogens with zero attached hydrogens (tertiary/aromatic N) is 1. The molecule has 1 aromatic heterocycles. The standard InChI is InChI=1S/C12H22N4O/c1-9(2)8-10(13)12(17)16-5-3-4-11-14-6-7-15-11/h6-7,9-10H,3-5,8,13H2,1-2H3,(H,14,15)(H,16,17)/t10-/m1/s1. The van der Waals surface area contributed by atoms with E-state index in [9.17, 15) is 4.79 Å². The normalized spacial score (nSPS) is 12.7. The first-order valence-electron chi connectivity index (χ1n) is 6.11. The van der Waals surface area contributed by atoms with E-state index in [1.165, 1.54) is 0 Å². The molecular formula is C12H22N4O. The second-order valence-corrected chi connectivity index (χ2v) is 4.67. The van der Waals surface area contributed by atoms with E-state index in [-0.39, 0.29) is 5.91 Å². The minimum atomic E-state index is -0.390. The van der Waals surface area contributed by atoms with Crippen LogP contribution < -0.4 is 11.1 Å². The molecule has 0 aliphatic carbocycles. The highest BCUT2D eigenvalue weighted by molar-refractivity contribution is 5.81. The number of H-pyrrole nitrogens is 1. The van der Waals surface area contributed by atoms with Gasteiger partial charge in [-0.25, -0.2) is 4.98 Å². The van der Waals surface area contributed by atoms with Crippen LogP contribution in [0.5, 0.6) is 0 Å². The topological polar surface area (TPSA) is 83.8 Å². The van der Waals surface area contributed by atoms with Crippen LogP contribution in [-0.4, -0.2) is 28.5 Å². The SMILES string of the molecule is CC(C)C[C@@H](N)C(=O)NCCCc1ncc[nH]1. The number of nitrogens with two attached hydrogens (primary N) is 1. The maximum atomic E-state index is 11.6. The predicted molar refractivity (Wildman–Crippen MR) is 67.3 cm³/mol. The molecule has 1 amide bonds. The molecule has 0 spiro atoms. The van der Waals surface area contributed by atoms with Gasteiger partial charge in [-0.1, -0.05) is 13.8 Å². The summed E-state index contributed by atoms with van der Waals surface area (Å²) in [5, 5.41) is 2.84. The van der Waals surface area contributed by atoms with Crippen molar-refractivity contribution in [1.82, 2.24) is 15.3 Å². The first-order chi connectivity index (χ1) is 8.09. The number of hydrogen-bond acceptors (Lipinski definition) is 3. The summed E-state index contributed by atoms with van der Waals surface area (Å²) < 4.78 is 0. The molecule has 96 valence electrons. The summed E-state index contributed by atoms with van der Waals surface area (Å²) in [5.41, 5.74) is 5.76. The Balaban J connectivity index is 2.11. The van der Waals surface area contributed by atoms with E-state index in [2.05, 4.69) is 29.1 Å². The lowest BCUT2D eigenvalue weighted by Gasteiger charge is -2.13. The number of carbonyl (C=O) groups excluding carboxylic acids is 1. The van der Waals surface area contributed by atoms with Gasteiger partial charge in [0.25, 0.3) is 0 Å². The molecule has 5 heteroatoms. The Hall–Kier alpha value is -1.36. The van der Waals surface area contributed by atoms with Crippen molar-refractivity contribution in [3.63, 3.8) is 0 Å². The van der Waals surface area contributed by atoms with Crippen LogP contribution in [0.2, 0.25) is 0 Å². The molecule has 0 radical (unpaired) electrons. The second kappa shape index (κ2) is 7.06. The van der Waals surface area contributed by atoms with Gasteiger partial charge in [-0.3, -0.25) is 4.79 Å². The molecule has 0 saturated heterocycles. The molecule has 1 heterocycles. The van der Waals surface area contributed by atoms with Crippen molar-refractivity contribution in [2.24, 2.45) is 11.7 Å². The minimum Gasteiger partial charge on any atom is -0.355 e. The number of nitrogens with one attached hydrogen (secondary N) is 2. The highest BCUT2D eigenvalue weighted by atomic mass is 16.2. The molecule has 0 fully saturated rings. The average Bonchev–Trinajstić information content (AvgIpc) is 2.75. The van der Waals surface area contributed by atoms with E-state index in [4.69, 9.17) is 5.73 Å². The molecule has 17 heavy (non-hydrogen) atoms. The van der Waals surface area contributed by atoms with Gasteiger partial charge in [-0.2, -0.15) is 0 Å². The van der Waals surface area contributed by atoms with Gasteiger partial charge in [0.1, 0.15) is 5.82 Å². The smallest absolute Gasteiger partial charge is 0.236 e. The second-order valence-electron chi connectivity index (χ2n) is 4.67. The van der Waals surface area contributed by atoms with Gasteiger partial charge in [-0.05, 0) is 18.8 Å². The molecular weight excluding hydrogens is 216 g/mol. The van der Waals surface area contributed by atoms with Crippen LogP contribution in [0, 0.1) is 5.92 Å². The zero-order chi connectivity index (χ0) is 12.7. The minimum absolute atomic E-state index is 0.0573. The van der Waals surface area contributed by atoms with E-state index >= 15 is 0 Å². The Labute approximate surface area is 102 Å². The summed E-state index contributed by atoms with van der Waals surface area (Å²) in [5.74, 6) is 1.34. The van der Waals surface area contributed by atoms with Crippen molar-refractivity contribution in [3.8, 4) is 0 Å². The zero-order valence-corrected chi connectivity index (χ0v) is 10.6. The van der Waals surface area contributed by atoms with Crippen molar-refractivity contribution >= 4 is 5.91 Å². The molecule has 4 N–H and O–H groups in total. The van der Waals surface area contributed by atoms with Crippen LogP contribution in [0.4, 0.5) is 0 Å². The quantitative estimate of drug-likeness (QED) is 0.615. The zero-order valence-electron chi connectivity index (χ0n) is 10.6. The third kappa shape index (κ3) is 5.49. The maximum absolute atomic E-state index is 11.6. The molecule has 1 atom stereocenters.